The summed E-state index contributed by atoms with van der Waals surface area (Å²) in [7, 11) is 0. The van der Waals surface area contributed by atoms with Gasteiger partial charge in [0, 0.05) is 34.6 Å². The Labute approximate surface area is 190 Å². The summed E-state index contributed by atoms with van der Waals surface area (Å²) >= 11 is 3.66. The number of aromatic nitrogens is 1. The van der Waals surface area contributed by atoms with Crippen molar-refractivity contribution in [3.63, 3.8) is 0 Å². The summed E-state index contributed by atoms with van der Waals surface area (Å²) in [6, 6.07) is 11.6. The molecule has 3 heterocycles. The number of thioether (sulfide) groups is 1. The fourth-order valence-corrected chi connectivity index (χ4v) is 6.34. The maximum atomic E-state index is 13.4. The number of nitrogens with zero attached hydrogens (tertiary/aromatic N) is 1. The average Bonchev–Trinajstić information content (AvgIpc) is 3.34. The number of fused-ring (bicyclic) bond motifs is 1. The van der Waals surface area contributed by atoms with Gasteiger partial charge in [-0.1, -0.05) is 12.1 Å². The van der Waals surface area contributed by atoms with E-state index in [0.717, 1.165) is 52.6 Å². The smallest absolute Gasteiger partial charge is 0.255 e. The lowest BCUT2D eigenvalue weighted by atomic mass is 10.0. The summed E-state index contributed by atoms with van der Waals surface area (Å²) in [4.78, 5) is 26.7. The molecule has 5 nitrogen and oxygen atoms in total. The Kier molecular flexibility index (Phi) is 5.63. The van der Waals surface area contributed by atoms with Crippen molar-refractivity contribution in [1.82, 2.24) is 9.88 Å². The van der Waals surface area contributed by atoms with Crippen LogP contribution in [0.4, 0.5) is 5.69 Å². The quantitative estimate of drug-likeness (QED) is 0.544. The molecule has 7 heteroatoms. The highest BCUT2D eigenvalue weighted by atomic mass is 32.2. The molecule has 2 N–H and O–H groups in total. The van der Waals surface area contributed by atoms with Gasteiger partial charge in [0.2, 0.25) is 5.91 Å². The number of thiophene rings is 1. The highest BCUT2D eigenvalue weighted by Crippen LogP contribution is 2.38. The Bertz CT molecular complexity index is 1100. The van der Waals surface area contributed by atoms with Gasteiger partial charge in [-0.3, -0.25) is 9.59 Å². The Morgan fingerprint density at radius 1 is 1.13 bits per heavy atom. The number of carbonyl (C=O) groups excluding carboxylic acids is 2. The van der Waals surface area contributed by atoms with E-state index in [1.165, 1.54) is 10.4 Å². The van der Waals surface area contributed by atoms with E-state index in [1.807, 2.05) is 72.0 Å². The second kappa shape index (κ2) is 8.55. The van der Waals surface area contributed by atoms with Gasteiger partial charge < -0.3 is 15.2 Å². The number of rotatable bonds is 6. The molecule has 0 bridgehead atoms. The molecule has 5 rings (SSSR count). The van der Waals surface area contributed by atoms with Crippen LogP contribution in [0.2, 0.25) is 0 Å². The van der Waals surface area contributed by atoms with Gasteiger partial charge in [-0.25, -0.2) is 0 Å². The van der Waals surface area contributed by atoms with Crippen LogP contribution in [0.15, 0.2) is 48.8 Å². The minimum Gasteiger partial charge on any atom is -0.345 e. The zero-order chi connectivity index (χ0) is 21.4. The van der Waals surface area contributed by atoms with Crippen LogP contribution in [-0.2, 0) is 17.0 Å². The highest BCUT2D eigenvalue weighted by Gasteiger charge is 2.30. The van der Waals surface area contributed by atoms with Crippen LogP contribution < -0.4 is 10.6 Å². The molecule has 2 aliphatic rings. The first-order chi connectivity index (χ1) is 15.1. The SMILES string of the molecule is CC(NC(=O)c1c(-n2cccc2)sc2c1CCSC2)c1ccc(NC(=O)C2CC2)cc1. The first-order valence-corrected chi connectivity index (χ1v) is 12.6. The first kappa shape index (κ1) is 20.4. The van der Waals surface area contributed by atoms with Gasteiger partial charge in [0.15, 0.2) is 0 Å². The number of anilines is 1. The van der Waals surface area contributed by atoms with Gasteiger partial charge in [-0.2, -0.15) is 11.8 Å². The third-order valence-electron chi connectivity index (χ3n) is 5.84. The molecule has 0 saturated heterocycles. The molecular formula is C24H25N3O2S2. The number of carbonyl (C=O) groups is 2. The van der Waals surface area contributed by atoms with E-state index in [4.69, 9.17) is 0 Å². The second-order valence-electron chi connectivity index (χ2n) is 8.16. The third kappa shape index (κ3) is 4.29. The minimum atomic E-state index is -0.133. The standard InChI is InChI=1S/C24H25N3O2S2/c1-15(16-6-8-18(9-7-16)26-22(28)17-4-5-17)25-23(29)21-19-10-13-30-14-20(19)31-24(21)27-11-2-3-12-27/h2-3,6-9,11-12,15,17H,4-5,10,13-14H2,1H3,(H,25,29)(H,26,28). The molecular weight excluding hydrogens is 426 g/mol. The van der Waals surface area contributed by atoms with E-state index in [1.54, 1.807) is 11.3 Å². The molecule has 31 heavy (non-hydrogen) atoms. The normalized spacial score (nSPS) is 16.4. The zero-order valence-electron chi connectivity index (χ0n) is 17.4. The molecule has 1 saturated carbocycles. The fraction of sp³-hybridized carbons (Fsp3) is 0.333. The van der Waals surface area contributed by atoms with E-state index in [2.05, 4.69) is 10.6 Å². The van der Waals surface area contributed by atoms with Crippen LogP contribution in [0.5, 0.6) is 0 Å². The lowest BCUT2D eigenvalue weighted by Gasteiger charge is -2.17. The molecule has 0 radical (unpaired) electrons. The minimum absolute atomic E-state index is 0.0216. The summed E-state index contributed by atoms with van der Waals surface area (Å²) in [5, 5.41) is 7.16. The Morgan fingerprint density at radius 2 is 1.87 bits per heavy atom. The molecule has 0 spiro atoms. The molecule has 1 unspecified atom stereocenters. The average molecular weight is 452 g/mol. The number of hydrogen-bond donors (Lipinski definition) is 2. The zero-order valence-corrected chi connectivity index (χ0v) is 19.0. The van der Waals surface area contributed by atoms with Crippen molar-refractivity contribution >= 4 is 40.6 Å². The van der Waals surface area contributed by atoms with Crippen LogP contribution >= 0.6 is 23.1 Å². The Morgan fingerprint density at radius 3 is 2.58 bits per heavy atom. The van der Waals surface area contributed by atoms with Gasteiger partial charge in [0.25, 0.3) is 5.91 Å². The second-order valence-corrected chi connectivity index (χ2v) is 10.3. The molecule has 2 aromatic heterocycles. The lowest BCUT2D eigenvalue weighted by Crippen LogP contribution is -2.28. The third-order valence-corrected chi connectivity index (χ3v) is 8.26. The molecule has 1 aliphatic heterocycles. The maximum Gasteiger partial charge on any atom is 0.255 e. The van der Waals surface area contributed by atoms with E-state index in [9.17, 15) is 9.59 Å². The molecule has 1 aliphatic carbocycles. The van der Waals surface area contributed by atoms with Crippen molar-refractivity contribution in [2.24, 2.45) is 5.92 Å². The van der Waals surface area contributed by atoms with Crippen molar-refractivity contribution in [3.8, 4) is 5.00 Å². The predicted molar refractivity (Wildman–Crippen MR) is 127 cm³/mol. The van der Waals surface area contributed by atoms with Crippen LogP contribution in [-0.4, -0.2) is 22.1 Å². The number of hydrogen-bond acceptors (Lipinski definition) is 4. The summed E-state index contributed by atoms with van der Waals surface area (Å²) in [6.07, 6.45) is 6.91. The first-order valence-electron chi connectivity index (χ1n) is 10.7. The summed E-state index contributed by atoms with van der Waals surface area (Å²) in [5.41, 5.74) is 3.84. The van der Waals surface area contributed by atoms with Crippen LogP contribution in [0, 0.1) is 5.92 Å². The largest absolute Gasteiger partial charge is 0.345 e. The molecule has 3 aromatic rings. The summed E-state index contributed by atoms with van der Waals surface area (Å²) in [6.45, 7) is 2.00. The van der Waals surface area contributed by atoms with Crippen molar-refractivity contribution < 1.29 is 9.59 Å². The van der Waals surface area contributed by atoms with Crippen molar-refractivity contribution in [2.45, 2.75) is 38.0 Å². The molecule has 160 valence electrons. The van der Waals surface area contributed by atoms with Crippen molar-refractivity contribution in [2.75, 3.05) is 11.1 Å². The van der Waals surface area contributed by atoms with Crippen LogP contribution in [0.3, 0.4) is 0 Å². The van der Waals surface area contributed by atoms with Gasteiger partial charge in [0.05, 0.1) is 11.6 Å². The number of nitrogens with one attached hydrogen (secondary N) is 2. The number of benzene rings is 1. The highest BCUT2D eigenvalue weighted by molar-refractivity contribution is 7.98. The topological polar surface area (TPSA) is 63.1 Å². The van der Waals surface area contributed by atoms with Gasteiger partial charge >= 0.3 is 0 Å². The Balaban J connectivity index is 1.34. The number of amides is 2. The summed E-state index contributed by atoms with van der Waals surface area (Å²) < 4.78 is 2.05. The van der Waals surface area contributed by atoms with Gasteiger partial charge in [0.1, 0.15) is 5.00 Å². The van der Waals surface area contributed by atoms with Crippen molar-refractivity contribution in [3.05, 3.63) is 70.4 Å². The van der Waals surface area contributed by atoms with Gasteiger partial charge in [-0.15, -0.1) is 11.3 Å². The summed E-state index contributed by atoms with van der Waals surface area (Å²) in [5.74, 6) is 2.30. The molecule has 1 aromatic carbocycles. The fourth-order valence-electron chi connectivity index (χ4n) is 3.90. The Hall–Kier alpha value is -2.51. The van der Waals surface area contributed by atoms with E-state index >= 15 is 0 Å². The monoisotopic (exact) mass is 451 g/mol. The predicted octanol–water partition coefficient (Wildman–Crippen LogP) is 5.17. The molecule has 1 atom stereocenters. The van der Waals surface area contributed by atoms with E-state index in [-0.39, 0.29) is 23.8 Å². The lowest BCUT2D eigenvalue weighted by molar-refractivity contribution is -0.117. The molecule has 1 fully saturated rings. The molecule has 2 amide bonds. The van der Waals surface area contributed by atoms with E-state index in [0.29, 0.717) is 0 Å². The van der Waals surface area contributed by atoms with Gasteiger partial charge in [-0.05, 0) is 67.3 Å². The van der Waals surface area contributed by atoms with Crippen LogP contribution in [0.1, 0.15) is 52.2 Å². The maximum absolute atomic E-state index is 13.4. The van der Waals surface area contributed by atoms with Crippen molar-refractivity contribution in [1.29, 1.82) is 0 Å². The van der Waals surface area contributed by atoms with Crippen LogP contribution in [0.25, 0.3) is 5.00 Å². The van der Waals surface area contributed by atoms with E-state index < -0.39 is 0 Å².